The van der Waals surface area contributed by atoms with E-state index in [4.69, 9.17) is 4.74 Å². The van der Waals surface area contributed by atoms with Crippen molar-refractivity contribution in [1.29, 1.82) is 0 Å². The van der Waals surface area contributed by atoms with Crippen molar-refractivity contribution < 1.29 is 14.3 Å². The van der Waals surface area contributed by atoms with Crippen molar-refractivity contribution in [1.82, 2.24) is 30.4 Å². The normalized spacial score (nSPS) is 13.9. The van der Waals surface area contributed by atoms with E-state index in [0.717, 1.165) is 24.2 Å². The molecule has 0 saturated heterocycles. The van der Waals surface area contributed by atoms with Crippen LogP contribution in [0, 0.1) is 0 Å². The number of ether oxygens (including phenoxy) is 1. The van der Waals surface area contributed by atoms with Crippen LogP contribution < -0.4 is 15.4 Å². The summed E-state index contributed by atoms with van der Waals surface area (Å²) in [5.74, 6) is 1.23. The van der Waals surface area contributed by atoms with Gasteiger partial charge in [0.05, 0.1) is 18.9 Å². The highest BCUT2D eigenvalue weighted by atomic mass is 32.2. The van der Waals surface area contributed by atoms with Gasteiger partial charge in [-0.3, -0.25) is 9.59 Å². The quantitative estimate of drug-likeness (QED) is 0.379. The zero-order valence-electron chi connectivity index (χ0n) is 17.8. The van der Waals surface area contributed by atoms with E-state index in [9.17, 15) is 9.59 Å². The van der Waals surface area contributed by atoms with Gasteiger partial charge in [0.1, 0.15) is 17.1 Å². The highest BCUT2D eigenvalue weighted by Gasteiger charge is 2.24. The van der Waals surface area contributed by atoms with Gasteiger partial charge >= 0.3 is 0 Å². The van der Waals surface area contributed by atoms with Crippen LogP contribution in [-0.2, 0) is 4.79 Å². The fourth-order valence-corrected chi connectivity index (χ4v) is 3.67. The van der Waals surface area contributed by atoms with Crippen molar-refractivity contribution in [2.45, 2.75) is 36.9 Å². The van der Waals surface area contributed by atoms with Crippen LogP contribution in [-0.4, -0.2) is 50.5 Å². The number of rotatable bonds is 9. The molecule has 4 rings (SSSR count). The Morgan fingerprint density at radius 2 is 2.00 bits per heavy atom. The number of carbonyl (C=O) groups is 2. The van der Waals surface area contributed by atoms with Gasteiger partial charge in [0.2, 0.25) is 5.91 Å². The number of hydrogen-bond acceptors (Lipinski definition) is 7. The molecular weight excluding hydrogens is 428 g/mol. The molecule has 1 atom stereocenters. The number of thioether (sulfide) groups is 1. The molecular formula is C22H24N6O3S. The lowest BCUT2D eigenvalue weighted by molar-refractivity contribution is -0.119. The maximum Gasteiger partial charge on any atom is 0.272 e. The van der Waals surface area contributed by atoms with E-state index in [1.165, 1.54) is 22.8 Å². The van der Waals surface area contributed by atoms with Crippen molar-refractivity contribution in [3.8, 4) is 11.6 Å². The third-order valence-corrected chi connectivity index (χ3v) is 5.87. The molecule has 0 aliphatic heterocycles. The number of methoxy groups -OCH3 is 1. The Morgan fingerprint density at radius 3 is 2.72 bits per heavy atom. The summed E-state index contributed by atoms with van der Waals surface area (Å²) in [4.78, 5) is 33.0. The molecule has 0 bridgehead atoms. The Kier molecular flexibility index (Phi) is 6.69. The standard InChI is InChI=1S/C22H24N6O3S/c1-14(15-3-7-17(31-2)8-4-15)25-20(29)12-32-21-11-19(23-13-24-21)28-10-9-18(27-28)22(30)26-16-5-6-16/h3-4,7-11,13-14,16H,5-6,12H2,1-2H3,(H,25,29)(H,26,30)/t14-/m0/s1. The molecule has 0 radical (unpaired) electrons. The van der Waals surface area contributed by atoms with Gasteiger partial charge in [-0.2, -0.15) is 5.10 Å². The molecule has 2 amide bonds. The first-order chi connectivity index (χ1) is 15.5. The molecule has 2 heterocycles. The van der Waals surface area contributed by atoms with E-state index < -0.39 is 0 Å². The van der Waals surface area contributed by atoms with Crippen LogP contribution in [0.4, 0.5) is 0 Å². The average Bonchev–Trinajstić information content (AvgIpc) is 3.48. The minimum Gasteiger partial charge on any atom is -0.497 e. The molecule has 10 heteroatoms. The number of nitrogens with zero attached hydrogens (tertiary/aromatic N) is 4. The molecule has 1 aliphatic rings. The van der Waals surface area contributed by atoms with Crippen molar-refractivity contribution in [3.63, 3.8) is 0 Å². The third kappa shape index (κ3) is 5.64. The Morgan fingerprint density at radius 1 is 1.22 bits per heavy atom. The minimum absolute atomic E-state index is 0.100. The second-order valence-electron chi connectivity index (χ2n) is 7.46. The van der Waals surface area contributed by atoms with Gasteiger partial charge in [-0.25, -0.2) is 14.6 Å². The minimum atomic E-state index is -0.183. The predicted molar refractivity (Wildman–Crippen MR) is 120 cm³/mol. The lowest BCUT2D eigenvalue weighted by atomic mass is 10.1. The SMILES string of the molecule is COc1ccc([C@H](C)NC(=O)CSc2cc(-n3ccc(C(=O)NC4CC4)n3)ncn2)cc1. The first kappa shape index (κ1) is 21.8. The zero-order valence-corrected chi connectivity index (χ0v) is 18.6. The zero-order chi connectivity index (χ0) is 22.5. The van der Waals surface area contributed by atoms with E-state index in [-0.39, 0.29) is 29.7 Å². The monoisotopic (exact) mass is 452 g/mol. The van der Waals surface area contributed by atoms with Gasteiger partial charge in [-0.05, 0) is 43.5 Å². The summed E-state index contributed by atoms with van der Waals surface area (Å²) in [5.41, 5.74) is 1.34. The van der Waals surface area contributed by atoms with Gasteiger partial charge < -0.3 is 15.4 Å². The highest BCUT2D eigenvalue weighted by molar-refractivity contribution is 7.99. The summed E-state index contributed by atoms with van der Waals surface area (Å²) in [6.45, 7) is 1.93. The molecule has 9 nitrogen and oxygen atoms in total. The number of carbonyl (C=O) groups excluding carboxylic acids is 2. The van der Waals surface area contributed by atoms with Gasteiger partial charge in [0.25, 0.3) is 5.91 Å². The fraction of sp³-hybridized carbons (Fsp3) is 0.318. The van der Waals surface area contributed by atoms with Crippen LogP contribution in [0.2, 0.25) is 0 Å². The van der Waals surface area contributed by atoms with Crippen molar-refractivity contribution in [3.05, 3.63) is 60.2 Å². The van der Waals surface area contributed by atoms with Gasteiger partial charge in [0.15, 0.2) is 11.5 Å². The summed E-state index contributed by atoms with van der Waals surface area (Å²) >= 11 is 1.31. The van der Waals surface area contributed by atoms with Crippen LogP contribution in [0.25, 0.3) is 5.82 Å². The van der Waals surface area contributed by atoms with Crippen LogP contribution in [0.3, 0.4) is 0 Å². The largest absolute Gasteiger partial charge is 0.497 e. The summed E-state index contributed by atoms with van der Waals surface area (Å²) in [7, 11) is 1.62. The summed E-state index contributed by atoms with van der Waals surface area (Å²) in [5, 5.41) is 10.8. The van der Waals surface area contributed by atoms with Crippen molar-refractivity contribution in [2.24, 2.45) is 0 Å². The first-order valence-electron chi connectivity index (χ1n) is 10.3. The molecule has 2 aromatic heterocycles. The molecule has 3 aromatic rings. The molecule has 0 spiro atoms. The van der Waals surface area contributed by atoms with Crippen LogP contribution in [0.15, 0.2) is 53.9 Å². The lowest BCUT2D eigenvalue weighted by Gasteiger charge is -2.14. The number of benzene rings is 1. The maximum absolute atomic E-state index is 12.4. The Balaban J connectivity index is 1.32. The highest BCUT2D eigenvalue weighted by Crippen LogP contribution is 2.21. The van der Waals surface area contributed by atoms with E-state index in [0.29, 0.717) is 16.5 Å². The van der Waals surface area contributed by atoms with Crippen molar-refractivity contribution in [2.75, 3.05) is 12.9 Å². The Bertz CT molecular complexity index is 1100. The molecule has 1 aliphatic carbocycles. The molecule has 32 heavy (non-hydrogen) atoms. The maximum atomic E-state index is 12.4. The summed E-state index contributed by atoms with van der Waals surface area (Å²) in [6.07, 6.45) is 5.14. The summed E-state index contributed by atoms with van der Waals surface area (Å²) in [6, 6.07) is 11.1. The van der Waals surface area contributed by atoms with Crippen LogP contribution >= 0.6 is 11.8 Å². The predicted octanol–water partition coefficient (Wildman–Crippen LogP) is 2.53. The molecule has 1 fully saturated rings. The van der Waals surface area contributed by atoms with Gasteiger partial charge in [-0.1, -0.05) is 23.9 Å². The smallest absolute Gasteiger partial charge is 0.272 e. The molecule has 0 unspecified atom stereocenters. The van der Waals surface area contributed by atoms with Crippen LogP contribution in [0.1, 0.15) is 41.9 Å². The lowest BCUT2D eigenvalue weighted by Crippen LogP contribution is -2.28. The van der Waals surface area contributed by atoms with Gasteiger partial charge in [-0.15, -0.1) is 0 Å². The first-order valence-corrected chi connectivity index (χ1v) is 11.3. The van der Waals surface area contributed by atoms with Crippen LogP contribution in [0.5, 0.6) is 5.75 Å². The van der Waals surface area contributed by atoms with E-state index >= 15 is 0 Å². The Hall–Kier alpha value is -3.40. The van der Waals surface area contributed by atoms with E-state index in [1.807, 2.05) is 31.2 Å². The average molecular weight is 453 g/mol. The number of amides is 2. The second kappa shape index (κ2) is 9.82. The second-order valence-corrected chi connectivity index (χ2v) is 8.45. The van der Waals surface area contributed by atoms with E-state index in [1.54, 1.807) is 25.4 Å². The number of nitrogens with one attached hydrogen (secondary N) is 2. The summed E-state index contributed by atoms with van der Waals surface area (Å²) < 4.78 is 6.69. The topological polar surface area (TPSA) is 111 Å². The molecule has 2 N–H and O–H groups in total. The molecule has 1 saturated carbocycles. The van der Waals surface area contributed by atoms with Crippen molar-refractivity contribution >= 4 is 23.6 Å². The number of aromatic nitrogens is 4. The Labute approximate surface area is 190 Å². The van der Waals surface area contributed by atoms with E-state index in [2.05, 4.69) is 25.7 Å². The van der Waals surface area contributed by atoms with Gasteiger partial charge in [0, 0.05) is 18.3 Å². The fourth-order valence-electron chi connectivity index (χ4n) is 2.99. The molecule has 166 valence electrons. The molecule has 1 aromatic carbocycles. The number of hydrogen-bond donors (Lipinski definition) is 2. The third-order valence-electron chi connectivity index (χ3n) is 4.94.